The third kappa shape index (κ3) is 2.95. The second-order valence-electron chi connectivity index (χ2n) is 5.75. The number of rotatable bonds is 2. The van der Waals surface area contributed by atoms with Gasteiger partial charge in [0.15, 0.2) is 0 Å². The molecule has 4 heteroatoms. The highest BCUT2D eigenvalue weighted by Crippen LogP contribution is 2.22. The molecule has 0 aliphatic carbocycles. The molecule has 0 amide bonds. The topological polar surface area (TPSA) is 43.8 Å². The molecule has 0 spiro atoms. The average Bonchev–Trinajstić information content (AvgIpc) is 2.24. The fraction of sp³-hybridized carbons (Fsp3) is 0.917. The van der Waals surface area contributed by atoms with Crippen molar-refractivity contribution in [2.24, 2.45) is 5.92 Å². The van der Waals surface area contributed by atoms with Gasteiger partial charge < -0.3 is 5.11 Å². The van der Waals surface area contributed by atoms with Crippen LogP contribution in [-0.4, -0.2) is 59.1 Å². The molecule has 0 radical (unpaired) electrons. The van der Waals surface area contributed by atoms with E-state index in [1.54, 1.807) is 0 Å². The van der Waals surface area contributed by atoms with Gasteiger partial charge in [-0.15, -0.1) is 0 Å². The van der Waals surface area contributed by atoms with E-state index in [9.17, 15) is 9.90 Å². The van der Waals surface area contributed by atoms with Crippen LogP contribution in [0.25, 0.3) is 0 Å². The van der Waals surface area contributed by atoms with Gasteiger partial charge in [-0.05, 0) is 34.7 Å². The van der Waals surface area contributed by atoms with Crippen LogP contribution in [0, 0.1) is 5.92 Å². The van der Waals surface area contributed by atoms with Crippen LogP contribution in [0.1, 0.15) is 27.7 Å². The summed E-state index contributed by atoms with van der Waals surface area (Å²) in [5.74, 6) is -0.968. The Bertz CT molecular complexity index is 264. The molecule has 1 heterocycles. The number of hydrogen-bond donors (Lipinski definition) is 1. The van der Waals surface area contributed by atoms with Crippen molar-refractivity contribution < 1.29 is 9.90 Å². The smallest absolute Gasteiger partial charge is 0.309 e. The largest absolute Gasteiger partial charge is 0.481 e. The molecule has 1 rings (SSSR count). The quantitative estimate of drug-likeness (QED) is 0.769. The minimum absolute atomic E-state index is 0.0362. The Morgan fingerprint density at radius 3 is 2.38 bits per heavy atom. The van der Waals surface area contributed by atoms with Gasteiger partial charge in [0, 0.05) is 31.2 Å². The van der Waals surface area contributed by atoms with E-state index in [0.717, 1.165) is 6.54 Å². The van der Waals surface area contributed by atoms with Crippen LogP contribution in [0.5, 0.6) is 0 Å². The predicted molar refractivity (Wildman–Crippen MR) is 64.5 cm³/mol. The fourth-order valence-electron chi connectivity index (χ4n) is 2.15. The zero-order valence-corrected chi connectivity index (χ0v) is 11.0. The summed E-state index contributed by atoms with van der Waals surface area (Å²) in [6, 6.07) is 0.396. The van der Waals surface area contributed by atoms with Crippen molar-refractivity contribution in [1.29, 1.82) is 0 Å². The predicted octanol–water partition coefficient (Wildman–Crippen LogP) is 1.12. The van der Waals surface area contributed by atoms with Crippen molar-refractivity contribution in [2.45, 2.75) is 39.3 Å². The lowest BCUT2D eigenvalue weighted by atomic mass is 10.0. The van der Waals surface area contributed by atoms with E-state index >= 15 is 0 Å². The van der Waals surface area contributed by atoms with E-state index < -0.39 is 5.97 Å². The van der Waals surface area contributed by atoms with Crippen LogP contribution in [0.3, 0.4) is 0 Å². The lowest BCUT2D eigenvalue weighted by Gasteiger charge is -2.37. The van der Waals surface area contributed by atoms with Gasteiger partial charge in [0.1, 0.15) is 0 Å². The van der Waals surface area contributed by atoms with E-state index in [0.29, 0.717) is 19.1 Å². The van der Waals surface area contributed by atoms with Crippen molar-refractivity contribution in [2.75, 3.05) is 26.7 Å². The summed E-state index contributed by atoms with van der Waals surface area (Å²) >= 11 is 0. The van der Waals surface area contributed by atoms with E-state index in [1.807, 2.05) is 7.05 Å². The molecule has 0 bridgehead atoms. The number of aliphatic carboxylic acids is 1. The maximum Gasteiger partial charge on any atom is 0.309 e. The monoisotopic (exact) mass is 228 g/mol. The number of carbonyl (C=O) groups is 1. The van der Waals surface area contributed by atoms with Crippen LogP contribution in [-0.2, 0) is 4.79 Å². The first kappa shape index (κ1) is 13.5. The molecule has 1 aliphatic rings. The summed E-state index contributed by atoms with van der Waals surface area (Å²) in [5.41, 5.74) is 0.0362. The van der Waals surface area contributed by atoms with Gasteiger partial charge in [0.25, 0.3) is 0 Å². The summed E-state index contributed by atoms with van der Waals surface area (Å²) < 4.78 is 0. The Morgan fingerprint density at radius 2 is 1.94 bits per heavy atom. The molecule has 0 aromatic rings. The van der Waals surface area contributed by atoms with Crippen LogP contribution < -0.4 is 0 Å². The molecule has 1 N–H and O–H groups in total. The average molecular weight is 228 g/mol. The van der Waals surface area contributed by atoms with Crippen molar-refractivity contribution in [3.05, 3.63) is 0 Å². The van der Waals surface area contributed by atoms with Gasteiger partial charge in [-0.2, -0.15) is 0 Å². The summed E-state index contributed by atoms with van der Waals surface area (Å²) in [6.45, 7) is 10.8. The minimum Gasteiger partial charge on any atom is -0.481 e. The Morgan fingerprint density at radius 1 is 1.38 bits per heavy atom. The summed E-state index contributed by atoms with van der Waals surface area (Å²) in [4.78, 5) is 15.6. The van der Waals surface area contributed by atoms with Gasteiger partial charge in [-0.25, -0.2) is 0 Å². The van der Waals surface area contributed by atoms with E-state index in [4.69, 9.17) is 0 Å². The highest BCUT2D eigenvalue weighted by Gasteiger charge is 2.36. The van der Waals surface area contributed by atoms with Crippen molar-refractivity contribution in [1.82, 2.24) is 9.80 Å². The molecule has 0 aromatic heterocycles. The van der Waals surface area contributed by atoms with Crippen LogP contribution in [0.4, 0.5) is 0 Å². The molecule has 1 fully saturated rings. The molecular weight excluding hydrogens is 204 g/mol. The first-order valence-electron chi connectivity index (χ1n) is 5.92. The van der Waals surface area contributed by atoms with E-state index in [1.165, 1.54) is 0 Å². The normalized spacial score (nSPS) is 28.0. The lowest BCUT2D eigenvalue weighted by Crippen LogP contribution is -2.48. The molecule has 94 valence electrons. The number of likely N-dealkylation sites (N-methyl/N-ethyl adjacent to an activating group) is 1. The Balaban J connectivity index is 2.88. The molecular formula is C12H24N2O2. The second-order valence-corrected chi connectivity index (χ2v) is 5.75. The van der Waals surface area contributed by atoms with E-state index in [-0.39, 0.29) is 11.5 Å². The number of nitrogens with zero attached hydrogens (tertiary/aromatic N) is 2. The third-order valence-electron chi connectivity index (χ3n) is 3.65. The number of carboxylic acids is 1. The lowest BCUT2D eigenvalue weighted by molar-refractivity contribution is -0.142. The van der Waals surface area contributed by atoms with Gasteiger partial charge in [0.2, 0.25) is 0 Å². The molecule has 1 atom stereocenters. The van der Waals surface area contributed by atoms with Gasteiger partial charge in [-0.1, -0.05) is 0 Å². The zero-order valence-electron chi connectivity index (χ0n) is 11.0. The standard InChI is InChI=1S/C12H24N2O2/c1-9(2)14-7-10(11(15)16)6-13(5)12(3,4)8-14/h9-10H,6-8H2,1-5H3,(H,15,16). The molecule has 1 unspecified atom stereocenters. The highest BCUT2D eigenvalue weighted by atomic mass is 16.4. The summed E-state index contributed by atoms with van der Waals surface area (Å²) in [5, 5.41) is 9.20. The van der Waals surface area contributed by atoms with Crippen LogP contribution in [0.2, 0.25) is 0 Å². The van der Waals surface area contributed by atoms with Crippen molar-refractivity contribution >= 4 is 5.97 Å². The van der Waals surface area contributed by atoms with Crippen LogP contribution in [0.15, 0.2) is 0 Å². The molecule has 1 aliphatic heterocycles. The third-order valence-corrected chi connectivity index (χ3v) is 3.65. The molecule has 16 heavy (non-hydrogen) atoms. The summed E-state index contributed by atoms with van der Waals surface area (Å²) in [6.07, 6.45) is 0. The molecule has 0 saturated carbocycles. The van der Waals surface area contributed by atoms with Crippen molar-refractivity contribution in [3.8, 4) is 0 Å². The molecule has 0 aromatic carbocycles. The molecule has 4 nitrogen and oxygen atoms in total. The molecule has 1 saturated heterocycles. The second kappa shape index (κ2) is 4.72. The van der Waals surface area contributed by atoms with Gasteiger partial charge in [-0.3, -0.25) is 14.6 Å². The van der Waals surface area contributed by atoms with Crippen molar-refractivity contribution in [3.63, 3.8) is 0 Å². The minimum atomic E-state index is -0.685. The summed E-state index contributed by atoms with van der Waals surface area (Å²) in [7, 11) is 2.01. The Hall–Kier alpha value is -0.610. The first-order chi connectivity index (χ1) is 7.24. The van der Waals surface area contributed by atoms with E-state index in [2.05, 4.69) is 37.5 Å². The van der Waals surface area contributed by atoms with Gasteiger partial charge in [0.05, 0.1) is 5.92 Å². The van der Waals surface area contributed by atoms with Gasteiger partial charge >= 0.3 is 5.97 Å². The fourth-order valence-corrected chi connectivity index (χ4v) is 2.15. The highest BCUT2D eigenvalue weighted by molar-refractivity contribution is 5.70. The SMILES string of the molecule is CC(C)N1CC(C(=O)O)CN(C)C(C)(C)C1. The van der Waals surface area contributed by atoms with Crippen LogP contribution >= 0.6 is 0 Å². The maximum atomic E-state index is 11.2. The zero-order chi connectivity index (χ0) is 12.5. The number of carboxylic acid groups (broad SMARTS) is 1. The number of hydrogen-bond acceptors (Lipinski definition) is 3. The maximum absolute atomic E-state index is 11.2. The Labute approximate surface area is 98.2 Å². The first-order valence-corrected chi connectivity index (χ1v) is 5.92. The Kier molecular flexibility index (Phi) is 3.97.